The fraction of sp³-hybridized carbons (Fsp3) is 1.00. The Balaban J connectivity index is 2.33. The van der Waals surface area contributed by atoms with E-state index in [1.807, 2.05) is 7.11 Å². The van der Waals surface area contributed by atoms with E-state index in [0.29, 0.717) is 6.04 Å². The lowest BCUT2D eigenvalue weighted by atomic mass is 9.94. The van der Waals surface area contributed by atoms with Gasteiger partial charge < -0.3 is 10.1 Å². The minimum absolute atomic E-state index is 0.0601. The summed E-state index contributed by atoms with van der Waals surface area (Å²) in [5.74, 6) is 0.729. The Morgan fingerprint density at radius 2 is 2.00 bits per heavy atom. The standard InChI is InChI=1S/C14H30N2O/c1-12(2)9-15-10-13(3)16-8-6-7-14(4,11-16)17-5/h12-13,15H,6-11H2,1-5H3. The second kappa shape index (κ2) is 6.72. The topological polar surface area (TPSA) is 24.5 Å². The molecule has 17 heavy (non-hydrogen) atoms. The zero-order chi connectivity index (χ0) is 12.9. The summed E-state index contributed by atoms with van der Waals surface area (Å²) < 4.78 is 5.64. The van der Waals surface area contributed by atoms with Crippen LogP contribution in [0.25, 0.3) is 0 Å². The third-order valence-electron chi connectivity index (χ3n) is 3.80. The van der Waals surface area contributed by atoms with Crippen LogP contribution in [0, 0.1) is 5.92 Å². The van der Waals surface area contributed by atoms with Crippen molar-refractivity contribution < 1.29 is 4.74 Å². The minimum atomic E-state index is 0.0601. The third-order valence-corrected chi connectivity index (χ3v) is 3.80. The molecule has 1 rings (SSSR count). The molecule has 1 aliphatic rings. The van der Waals surface area contributed by atoms with Gasteiger partial charge in [0.25, 0.3) is 0 Å². The lowest BCUT2D eigenvalue weighted by Gasteiger charge is -2.42. The van der Waals surface area contributed by atoms with Crippen LogP contribution in [0.3, 0.4) is 0 Å². The Morgan fingerprint density at radius 1 is 1.29 bits per heavy atom. The molecule has 0 aromatic carbocycles. The van der Waals surface area contributed by atoms with Gasteiger partial charge in [0.05, 0.1) is 5.60 Å². The smallest absolute Gasteiger partial charge is 0.0777 e. The number of ether oxygens (including phenoxy) is 1. The molecule has 3 heteroatoms. The van der Waals surface area contributed by atoms with Crippen molar-refractivity contribution in [2.45, 2.75) is 52.2 Å². The summed E-state index contributed by atoms with van der Waals surface area (Å²) in [5, 5.41) is 3.54. The van der Waals surface area contributed by atoms with Crippen molar-refractivity contribution in [2.24, 2.45) is 5.92 Å². The lowest BCUT2D eigenvalue weighted by Crippen LogP contribution is -2.52. The van der Waals surface area contributed by atoms with Crippen molar-refractivity contribution in [1.82, 2.24) is 10.2 Å². The van der Waals surface area contributed by atoms with Crippen molar-refractivity contribution >= 4 is 0 Å². The minimum Gasteiger partial charge on any atom is -0.377 e. The Morgan fingerprint density at radius 3 is 2.59 bits per heavy atom. The first-order valence-electron chi connectivity index (χ1n) is 6.97. The molecule has 1 saturated heterocycles. The number of methoxy groups -OCH3 is 1. The summed E-state index contributed by atoms with van der Waals surface area (Å²) >= 11 is 0. The van der Waals surface area contributed by atoms with Crippen molar-refractivity contribution in [2.75, 3.05) is 33.3 Å². The largest absolute Gasteiger partial charge is 0.377 e. The molecule has 2 unspecified atom stereocenters. The van der Waals surface area contributed by atoms with Crippen molar-refractivity contribution in [3.05, 3.63) is 0 Å². The maximum atomic E-state index is 5.64. The number of nitrogens with zero attached hydrogens (tertiary/aromatic N) is 1. The van der Waals surface area contributed by atoms with Gasteiger partial charge in [0.1, 0.15) is 0 Å². The Kier molecular flexibility index (Phi) is 5.90. The van der Waals surface area contributed by atoms with Gasteiger partial charge in [-0.15, -0.1) is 0 Å². The van der Waals surface area contributed by atoms with Gasteiger partial charge in [-0.2, -0.15) is 0 Å². The van der Waals surface area contributed by atoms with Gasteiger partial charge in [0, 0.05) is 26.2 Å². The molecule has 1 heterocycles. The van der Waals surface area contributed by atoms with Gasteiger partial charge in [-0.25, -0.2) is 0 Å². The van der Waals surface area contributed by atoms with Crippen LogP contribution in [0.5, 0.6) is 0 Å². The molecule has 3 nitrogen and oxygen atoms in total. The molecule has 0 radical (unpaired) electrons. The zero-order valence-corrected chi connectivity index (χ0v) is 12.3. The number of hydrogen-bond acceptors (Lipinski definition) is 3. The van der Waals surface area contributed by atoms with E-state index in [2.05, 4.69) is 37.9 Å². The molecule has 0 saturated carbocycles. The van der Waals surface area contributed by atoms with Crippen LogP contribution in [0.2, 0.25) is 0 Å². The highest BCUT2D eigenvalue weighted by Gasteiger charge is 2.32. The van der Waals surface area contributed by atoms with Crippen LogP contribution >= 0.6 is 0 Å². The third kappa shape index (κ3) is 4.94. The predicted octanol–water partition coefficient (Wildman–Crippen LogP) is 2.12. The maximum Gasteiger partial charge on any atom is 0.0777 e. The summed E-state index contributed by atoms with van der Waals surface area (Å²) in [5.41, 5.74) is 0.0601. The highest BCUT2D eigenvalue weighted by atomic mass is 16.5. The molecule has 0 aliphatic carbocycles. The molecular weight excluding hydrogens is 212 g/mol. The number of piperidine rings is 1. The van der Waals surface area contributed by atoms with Gasteiger partial charge >= 0.3 is 0 Å². The van der Waals surface area contributed by atoms with E-state index in [4.69, 9.17) is 4.74 Å². The van der Waals surface area contributed by atoms with E-state index in [1.54, 1.807) is 0 Å². The van der Waals surface area contributed by atoms with Gasteiger partial charge in [0.15, 0.2) is 0 Å². The summed E-state index contributed by atoms with van der Waals surface area (Å²) in [4.78, 5) is 2.56. The molecule has 0 bridgehead atoms. The molecule has 1 fully saturated rings. The van der Waals surface area contributed by atoms with E-state index >= 15 is 0 Å². The Hall–Kier alpha value is -0.120. The highest BCUT2D eigenvalue weighted by Crippen LogP contribution is 2.24. The van der Waals surface area contributed by atoms with E-state index in [0.717, 1.165) is 25.6 Å². The fourth-order valence-electron chi connectivity index (χ4n) is 2.50. The maximum absolute atomic E-state index is 5.64. The fourth-order valence-corrected chi connectivity index (χ4v) is 2.50. The van der Waals surface area contributed by atoms with Crippen LogP contribution in [0.1, 0.15) is 40.5 Å². The molecule has 0 amide bonds. The van der Waals surface area contributed by atoms with Gasteiger partial charge in [-0.3, -0.25) is 4.90 Å². The quantitative estimate of drug-likeness (QED) is 0.772. The first-order chi connectivity index (χ1) is 7.97. The number of likely N-dealkylation sites (tertiary alicyclic amines) is 1. The van der Waals surface area contributed by atoms with Gasteiger partial charge in [-0.1, -0.05) is 13.8 Å². The van der Waals surface area contributed by atoms with Crippen LogP contribution in [0.15, 0.2) is 0 Å². The number of rotatable bonds is 6. The molecule has 0 aromatic heterocycles. The van der Waals surface area contributed by atoms with Crippen LogP contribution in [-0.2, 0) is 4.74 Å². The van der Waals surface area contributed by atoms with Crippen molar-refractivity contribution in [3.63, 3.8) is 0 Å². The van der Waals surface area contributed by atoms with E-state index in [-0.39, 0.29) is 5.60 Å². The molecular formula is C14H30N2O. The zero-order valence-electron chi connectivity index (χ0n) is 12.3. The molecule has 0 spiro atoms. The molecule has 2 atom stereocenters. The number of nitrogens with one attached hydrogen (secondary N) is 1. The van der Waals surface area contributed by atoms with Gasteiger partial charge in [-0.05, 0) is 45.7 Å². The number of hydrogen-bond donors (Lipinski definition) is 1. The molecule has 1 aliphatic heterocycles. The van der Waals surface area contributed by atoms with E-state index in [1.165, 1.54) is 19.4 Å². The summed E-state index contributed by atoms with van der Waals surface area (Å²) in [6.07, 6.45) is 2.44. The Bertz CT molecular complexity index is 220. The summed E-state index contributed by atoms with van der Waals surface area (Å²) in [7, 11) is 1.84. The van der Waals surface area contributed by atoms with Gasteiger partial charge in [0.2, 0.25) is 0 Å². The molecule has 1 N–H and O–H groups in total. The molecule has 0 aromatic rings. The molecule has 102 valence electrons. The van der Waals surface area contributed by atoms with Crippen LogP contribution in [0.4, 0.5) is 0 Å². The van der Waals surface area contributed by atoms with Crippen LogP contribution in [-0.4, -0.2) is 49.8 Å². The predicted molar refractivity (Wildman–Crippen MR) is 73.4 cm³/mol. The second-order valence-electron chi connectivity index (χ2n) is 6.13. The van der Waals surface area contributed by atoms with Crippen LogP contribution < -0.4 is 5.32 Å². The van der Waals surface area contributed by atoms with Crippen molar-refractivity contribution in [1.29, 1.82) is 0 Å². The average Bonchev–Trinajstić information content (AvgIpc) is 2.28. The normalized spacial score (nSPS) is 28.6. The SMILES string of the molecule is COC1(C)CCCN(C(C)CNCC(C)C)C1. The van der Waals surface area contributed by atoms with Crippen molar-refractivity contribution in [3.8, 4) is 0 Å². The van der Waals surface area contributed by atoms with E-state index in [9.17, 15) is 0 Å². The first kappa shape index (κ1) is 14.9. The highest BCUT2D eigenvalue weighted by molar-refractivity contribution is 4.87. The first-order valence-corrected chi connectivity index (χ1v) is 6.97. The lowest BCUT2D eigenvalue weighted by molar-refractivity contribution is -0.0593. The summed E-state index contributed by atoms with van der Waals surface area (Å²) in [6, 6.07) is 0.600. The summed E-state index contributed by atoms with van der Waals surface area (Å²) in [6.45, 7) is 13.5. The van der Waals surface area contributed by atoms with E-state index < -0.39 is 0 Å². The Labute approximate surface area is 107 Å². The second-order valence-corrected chi connectivity index (χ2v) is 6.13. The monoisotopic (exact) mass is 242 g/mol. The average molecular weight is 242 g/mol.